The van der Waals surface area contributed by atoms with Crippen molar-refractivity contribution < 1.29 is 9.53 Å². The molecule has 28 heavy (non-hydrogen) atoms. The number of hydrogen-bond acceptors (Lipinski definition) is 4. The van der Waals surface area contributed by atoms with Gasteiger partial charge < -0.3 is 19.5 Å². The number of hydrogen-bond donors (Lipinski definition) is 1. The topological polar surface area (TPSA) is 72.3 Å². The van der Waals surface area contributed by atoms with Crippen molar-refractivity contribution in [2.45, 2.75) is 26.3 Å². The lowest BCUT2D eigenvalue weighted by atomic mass is 9.98. The lowest BCUT2D eigenvalue weighted by molar-refractivity contribution is 0.171. The third-order valence-corrected chi connectivity index (χ3v) is 5.31. The van der Waals surface area contributed by atoms with E-state index >= 15 is 0 Å². The summed E-state index contributed by atoms with van der Waals surface area (Å²) >= 11 is 0. The molecule has 1 fully saturated rings. The number of carbonyl (C=O) groups is 1. The van der Waals surface area contributed by atoms with Crippen molar-refractivity contribution in [3.8, 4) is 5.75 Å². The maximum atomic E-state index is 12.8. The molecule has 0 bridgehead atoms. The largest absolute Gasteiger partial charge is 0.497 e. The maximum absolute atomic E-state index is 12.8. The molecule has 1 aliphatic rings. The Morgan fingerprint density at radius 3 is 3.04 bits per heavy atom. The molecule has 2 amide bonds. The maximum Gasteiger partial charge on any atom is 0.321 e. The Kier molecular flexibility index (Phi) is 5.14. The summed E-state index contributed by atoms with van der Waals surface area (Å²) in [5.41, 5.74) is 3.61. The highest BCUT2D eigenvalue weighted by molar-refractivity contribution is 5.90. The molecule has 1 atom stereocenters. The summed E-state index contributed by atoms with van der Waals surface area (Å²) in [6.45, 7) is 4.29. The number of rotatable bonds is 4. The van der Waals surface area contributed by atoms with Crippen LogP contribution in [0.4, 0.5) is 10.5 Å². The van der Waals surface area contributed by atoms with Gasteiger partial charge in [0, 0.05) is 31.5 Å². The third kappa shape index (κ3) is 3.78. The van der Waals surface area contributed by atoms with Crippen LogP contribution in [0.2, 0.25) is 0 Å². The van der Waals surface area contributed by atoms with Gasteiger partial charge in [-0.2, -0.15) is 0 Å². The molecular weight excluding hydrogens is 354 g/mol. The van der Waals surface area contributed by atoms with Crippen molar-refractivity contribution in [3.05, 3.63) is 48.4 Å². The first-order valence-corrected chi connectivity index (χ1v) is 9.60. The number of benzene rings is 1. The van der Waals surface area contributed by atoms with Gasteiger partial charge in [0.25, 0.3) is 0 Å². The molecule has 0 aliphatic carbocycles. The van der Waals surface area contributed by atoms with Crippen LogP contribution >= 0.6 is 0 Å². The summed E-state index contributed by atoms with van der Waals surface area (Å²) in [6.07, 6.45) is 5.73. The molecule has 4 rings (SSSR count). The second kappa shape index (κ2) is 7.88. The fourth-order valence-electron chi connectivity index (χ4n) is 3.81. The van der Waals surface area contributed by atoms with E-state index in [4.69, 9.17) is 4.74 Å². The zero-order valence-corrected chi connectivity index (χ0v) is 16.3. The average molecular weight is 379 g/mol. The van der Waals surface area contributed by atoms with Crippen molar-refractivity contribution in [2.75, 3.05) is 25.5 Å². The smallest absolute Gasteiger partial charge is 0.321 e. The number of amides is 2. The number of aromatic nitrogens is 3. The van der Waals surface area contributed by atoms with Crippen LogP contribution in [0, 0.1) is 12.8 Å². The van der Waals surface area contributed by atoms with Gasteiger partial charge in [0.2, 0.25) is 0 Å². The fourth-order valence-corrected chi connectivity index (χ4v) is 3.81. The number of methoxy groups -OCH3 is 1. The highest BCUT2D eigenvalue weighted by atomic mass is 16.5. The van der Waals surface area contributed by atoms with Crippen molar-refractivity contribution in [2.24, 2.45) is 5.92 Å². The number of likely N-dealkylation sites (tertiary alicyclic amines) is 1. The van der Waals surface area contributed by atoms with Crippen LogP contribution in [0.1, 0.15) is 18.4 Å². The molecule has 7 nitrogen and oxygen atoms in total. The number of piperidine rings is 1. The van der Waals surface area contributed by atoms with E-state index in [0.29, 0.717) is 5.92 Å². The highest BCUT2D eigenvalue weighted by Gasteiger charge is 2.25. The number of fused-ring (bicyclic) bond motifs is 1. The second-order valence-electron chi connectivity index (χ2n) is 7.31. The van der Waals surface area contributed by atoms with Crippen LogP contribution in [0.5, 0.6) is 5.75 Å². The summed E-state index contributed by atoms with van der Waals surface area (Å²) in [4.78, 5) is 23.5. The van der Waals surface area contributed by atoms with Crippen LogP contribution in [0.15, 0.2) is 42.9 Å². The van der Waals surface area contributed by atoms with Crippen LogP contribution in [0.3, 0.4) is 0 Å². The second-order valence-corrected chi connectivity index (χ2v) is 7.31. The average Bonchev–Trinajstić information content (AvgIpc) is 3.12. The Balaban J connectivity index is 1.41. The summed E-state index contributed by atoms with van der Waals surface area (Å²) in [5, 5.41) is 3.04. The number of nitrogens with zero attached hydrogens (tertiary/aromatic N) is 4. The molecule has 1 saturated heterocycles. The first-order chi connectivity index (χ1) is 13.6. The van der Waals surface area contributed by atoms with Gasteiger partial charge in [-0.1, -0.05) is 0 Å². The standard InChI is InChI=1S/C21H25N5O2/c1-15-11-17(28-2)7-8-18(15)24-21(27)25-10-4-5-16(12-25)13-26-14-23-19-6-3-9-22-20(19)26/h3,6-9,11,14,16H,4-5,10,12-13H2,1-2H3,(H,24,27). The van der Waals surface area contributed by atoms with Gasteiger partial charge in [0.1, 0.15) is 11.3 Å². The molecule has 146 valence electrons. The Morgan fingerprint density at radius 1 is 1.32 bits per heavy atom. The van der Waals surface area contributed by atoms with Crippen LogP contribution < -0.4 is 10.1 Å². The molecule has 3 aromatic rings. The molecule has 7 heteroatoms. The van der Waals surface area contributed by atoms with E-state index in [2.05, 4.69) is 19.9 Å². The monoisotopic (exact) mass is 379 g/mol. The minimum Gasteiger partial charge on any atom is -0.497 e. The van der Waals surface area contributed by atoms with Gasteiger partial charge in [-0.3, -0.25) is 0 Å². The predicted octanol–water partition coefficient (Wildman–Crippen LogP) is 3.69. The molecule has 1 aliphatic heterocycles. The molecule has 1 aromatic carbocycles. The number of carbonyl (C=O) groups excluding carboxylic acids is 1. The van der Waals surface area contributed by atoms with E-state index in [9.17, 15) is 4.79 Å². The number of aryl methyl sites for hydroxylation is 1. The van der Waals surface area contributed by atoms with E-state index < -0.39 is 0 Å². The highest BCUT2D eigenvalue weighted by Crippen LogP contribution is 2.24. The van der Waals surface area contributed by atoms with Crippen molar-refractivity contribution in [1.29, 1.82) is 0 Å². The Morgan fingerprint density at radius 2 is 2.21 bits per heavy atom. The number of pyridine rings is 1. The Hall–Kier alpha value is -3.09. The van der Waals surface area contributed by atoms with Crippen LogP contribution in [-0.2, 0) is 6.54 Å². The van der Waals surface area contributed by atoms with Crippen molar-refractivity contribution in [1.82, 2.24) is 19.4 Å². The van der Waals surface area contributed by atoms with Crippen molar-refractivity contribution >= 4 is 22.9 Å². The molecular formula is C21H25N5O2. The van der Waals surface area contributed by atoms with Crippen LogP contribution in [-0.4, -0.2) is 45.7 Å². The number of imidazole rings is 1. The number of urea groups is 1. The van der Waals surface area contributed by atoms with E-state index in [-0.39, 0.29) is 6.03 Å². The van der Waals surface area contributed by atoms with E-state index in [1.807, 2.05) is 48.5 Å². The van der Waals surface area contributed by atoms with E-state index in [0.717, 1.165) is 60.6 Å². The van der Waals surface area contributed by atoms with Gasteiger partial charge in [-0.25, -0.2) is 14.8 Å². The normalized spacial score (nSPS) is 16.9. The van der Waals surface area contributed by atoms with Gasteiger partial charge >= 0.3 is 6.03 Å². The van der Waals surface area contributed by atoms with Gasteiger partial charge in [-0.05, 0) is 61.6 Å². The summed E-state index contributed by atoms with van der Waals surface area (Å²) < 4.78 is 7.32. The summed E-state index contributed by atoms with van der Waals surface area (Å²) in [7, 11) is 1.64. The predicted molar refractivity (Wildman–Crippen MR) is 109 cm³/mol. The molecule has 0 spiro atoms. The molecule has 0 saturated carbocycles. The summed E-state index contributed by atoms with van der Waals surface area (Å²) in [5.74, 6) is 1.17. The van der Waals surface area contributed by atoms with Crippen molar-refractivity contribution in [3.63, 3.8) is 0 Å². The lowest BCUT2D eigenvalue weighted by Gasteiger charge is -2.33. The first-order valence-electron chi connectivity index (χ1n) is 9.60. The van der Waals surface area contributed by atoms with Gasteiger partial charge in [0.15, 0.2) is 5.65 Å². The first kappa shape index (κ1) is 18.3. The van der Waals surface area contributed by atoms with Crippen LogP contribution in [0.25, 0.3) is 11.2 Å². The molecule has 0 radical (unpaired) electrons. The Labute approximate surface area is 164 Å². The molecule has 3 heterocycles. The lowest BCUT2D eigenvalue weighted by Crippen LogP contribution is -2.43. The minimum atomic E-state index is -0.0495. The van der Waals surface area contributed by atoms with Gasteiger partial charge in [0.05, 0.1) is 13.4 Å². The molecule has 1 unspecified atom stereocenters. The fraction of sp³-hybridized carbons (Fsp3) is 0.381. The zero-order valence-electron chi connectivity index (χ0n) is 16.3. The number of ether oxygens (including phenoxy) is 1. The van der Waals surface area contributed by atoms with E-state index in [1.54, 1.807) is 13.3 Å². The van der Waals surface area contributed by atoms with E-state index in [1.165, 1.54) is 0 Å². The number of nitrogens with one attached hydrogen (secondary N) is 1. The quantitative estimate of drug-likeness (QED) is 0.750. The Bertz CT molecular complexity index is 984. The SMILES string of the molecule is COc1ccc(NC(=O)N2CCCC(Cn3cnc4cccnc43)C2)c(C)c1. The molecule has 2 aromatic heterocycles. The summed E-state index contributed by atoms with van der Waals surface area (Å²) in [6, 6.07) is 9.48. The number of anilines is 1. The molecule has 1 N–H and O–H groups in total. The minimum absolute atomic E-state index is 0.0495. The zero-order chi connectivity index (χ0) is 19.5. The van der Waals surface area contributed by atoms with Gasteiger partial charge in [-0.15, -0.1) is 0 Å². The third-order valence-electron chi connectivity index (χ3n) is 5.31.